The van der Waals surface area contributed by atoms with E-state index in [0.717, 1.165) is 25.1 Å². The van der Waals surface area contributed by atoms with Crippen molar-refractivity contribution in [1.29, 1.82) is 0 Å². The normalized spacial score (nSPS) is 17.4. The zero-order valence-corrected chi connectivity index (χ0v) is 12.4. The van der Waals surface area contributed by atoms with E-state index in [0.29, 0.717) is 17.2 Å². The lowest BCUT2D eigenvalue weighted by Gasteiger charge is -2.17. The standard InChI is InChI=1S/C13H29NOS/c1-6-13(14-7-2)9-8-10-16(15)12(5)11(3)4/h11-14H,6-10H2,1-5H3. The van der Waals surface area contributed by atoms with Crippen LogP contribution in [0, 0.1) is 5.92 Å². The average Bonchev–Trinajstić information content (AvgIpc) is 2.26. The average molecular weight is 247 g/mol. The molecule has 98 valence electrons. The maximum Gasteiger partial charge on any atom is 0.0342 e. The first kappa shape index (κ1) is 16.1. The van der Waals surface area contributed by atoms with Gasteiger partial charge in [-0.15, -0.1) is 0 Å². The van der Waals surface area contributed by atoms with Crippen LogP contribution in [-0.4, -0.2) is 27.8 Å². The summed E-state index contributed by atoms with van der Waals surface area (Å²) < 4.78 is 11.9. The molecular weight excluding hydrogens is 218 g/mol. The summed E-state index contributed by atoms with van der Waals surface area (Å²) in [4.78, 5) is 0. The maximum absolute atomic E-state index is 11.9. The molecule has 0 aromatic rings. The van der Waals surface area contributed by atoms with E-state index in [4.69, 9.17) is 0 Å². The Hall–Kier alpha value is 0.110. The van der Waals surface area contributed by atoms with Crippen LogP contribution in [-0.2, 0) is 10.8 Å². The van der Waals surface area contributed by atoms with Crippen LogP contribution in [0.5, 0.6) is 0 Å². The van der Waals surface area contributed by atoms with Crippen LogP contribution in [0.1, 0.15) is 53.9 Å². The first-order chi connectivity index (χ1) is 7.52. The molecule has 0 heterocycles. The Labute approximate surface area is 104 Å². The second-order valence-electron chi connectivity index (χ2n) is 4.84. The van der Waals surface area contributed by atoms with Crippen LogP contribution in [0.3, 0.4) is 0 Å². The minimum absolute atomic E-state index is 0.333. The number of hydrogen-bond donors (Lipinski definition) is 1. The van der Waals surface area contributed by atoms with E-state index in [1.807, 2.05) is 0 Å². The summed E-state index contributed by atoms with van der Waals surface area (Å²) in [6, 6.07) is 0.608. The summed E-state index contributed by atoms with van der Waals surface area (Å²) in [7, 11) is -0.645. The number of rotatable bonds is 9. The van der Waals surface area contributed by atoms with Gasteiger partial charge in [-0.25, -0.2) is 0 Å². The Balaban J connectivity index is 3.75. The monoisotopic (exact) mass is 247 g/mol. The third kappa shape index (κ3) is 6.64. The van der Waals surface area contributed by atoms with E-state index in [9.17, 15) is 4.21 Å². The Kier molecular flexibility index (Phi) is 9.24. The van der Waals surface area contributed by atoms with Gasteiger partial charge in [-0.3, -0.25) is 4.21 Å². The van der Waals surface area contributed by atoms with E-state index < -0.39 is 10.8 Å². The largest absolute Gasteiger partial charge is 0.314 e. The van der Waals surface area contributed by atoms with Crippen molar-refractivity contribution in [2.75, 3.05) is 12.3 Å². The molecule has 1 N–H and O–H groups in total. The van der Waals surface area contributed by atoms with Gasteiger partial charge < -0.3 is 5.32 Å². The summed E-state index contributed by atoms with van der Waals surface area (Å²) in [6.45, 7) is 11.8. The smallest absolute Gasteiger partial charge is 0.0342 e. The van der Waals surface area contributed by atoms with Crippen LogP contribution < -0.4 is 5.32 Å². The van der Waals surface area contributed by atoms with E-state index in [1.165, 1.54) is 6.42 Å². The Morgan fingerprint density at radius 2 is 1.81 bits per heavy atom. The molecule has 16 heavy (non-hydrogen) atoms. The van der Waals surface area contributed by atoms with E-state index in [-0.39, 0.29) is 0 Å². The molecule has 3 unspecified atom stereocenters. The maximum atomic E-state index is 11.9. The first-order valence-corrected chi connectivity index (χ1v) is 8.01. The van der Waals surface area contributed by atoms with E-state index in [2.05, 4.69) is 39.9 Å². The fourth-order valence-corrected chi connectivity index (χ4v) is 3.13. The highest BCUT2D eigenvalue weighted by Gasteiger charge is 2.15. The molecule has 0 spiro atoms. The first-order valence-electron chi connectivity index (χ1n) is 6.63. The fraction of sp³-hybridized carbons (Fsp3) is 1.00. The quantitative estimate of drug-likeness (QED) is 0.679. The molecule has 0 saturated carbocycles. The lowest BCUT2D eigenvalue weighted by atomic mass is 10.1. The third-order valence-electron chi connectivity index (χ3n) is 3.24. The third-order valence-corrected chi connectivity index (χ3v) is 5.30. The minimum Gasteiger partial charge on any atom is -0.314 e. The lowest BCUT2D eigenvalue weighted by molar-refractivity contribution is 0.476. The molecule has 0 aliphatic carbocycles. The molecule has 0 aromatic heterocycles. The zero-order valence-electron chi connectivity index (χ0n) is 11.6. The van der Waals surface area contributed by atoms with Crippen molar-refractivity contribution in [2.24, 2.45) is 5.92 Å². The van der Waals surface area contributed by atoms with Crippen molar-refractivity contribution in [2.45, 2.75) is 65.2 Å². The summed E-state index contributed by atoms with van der Waals surface area (Å²) in [6.07, 6.45) is 3.40. The molecule has 0 bridgehead atoms. The predicted molar refractivity (Wildman–Crippen MR) is 74.3 cm³/mol. The summed E-state index contributed by atoms with van der Waals surface area (Å²) in [5, 5.41) is 3.79. The Morgan fingerprint density at radius 3 is 2.25 bits per heavy atom. The zero-order chi connectivity index (χ0) is 12.6. The second-order valence-corrected chi connectivity index (χ2v) is 6.75. The van der Waals surface area contributed by atoms with Crippen LogP contribution in [0.4, 0.5) is 0 Å². The van der Waals surface area contributed by atoms with Gasteiger partial charge in [0.1, 0.15) is 0 Å². The lowest BCUT2D eigenvalue weighted by Crippen LogP contribution is -2.29. The van der Waals surface area contributed by atoms with Gasteiger partial charge in [-0.2, -0.15) is 0 Å². The van der Waals surface area contributed by atoms with Crippen molar-refractivity contribution in [3.8, 4) is 0 Å². The summed E-state index contributed by atoms with van der Waals surface area (Å²) >= 11 is 0. The fourth-order valence-electron chi connectivity index (χ4n) is 1.70. The topological polar surface area (TPSA) is 29.1 Å². The Morgan fingerprint density at radius 1 is 1.19 bits per heavy atom. The summed E-state index contributed by atoms with van der Waals surface area (Å²) in [5.74, 6) is 1.39. The Bertz CT molecular complexity index is 194. The van der Waals surface area contributed by atoms with Gasteiger partial charge in [-0.1, -0.05) is 34.6 Å². The summed E-state index contributed by atoms with van der Waals surface area (Å²) in [5.41, 5.74) is 0. The number of nitrogens with one attached hydrogen (secondary N) is 1. The molecule has 2 nitrogen and oxygen atoms in total. The van der Waals surface area contributed by atoms with Gasteiger partial charge in [0, 0.05) is 27.8 Å². The van der Waals surface area contributed by atoms with Crippen molar-refractivity contribution in [1.82, 2.24) is 5.32 Å². The van der Waals surface area contributed by atoms with Gasteiger partial charge in [0.25, 0.3) is 0 Å². The highest BCUT2D eigenvalue weighted by Crippen LogP contribution is 2.11. The molecular formula is C13H29NOS. The second kappa shape index (κ2) is 9.17. The van der Waals surface area contributed by atoms with Crippen molar-refractivity contribution >= 4 is 10.8 Å². The van der Waals surface area contributed by atoms with Crippen LogP contribution in [0.25, 0.3) is 0 Å². The highest BCUT2D eigenvalue weighted by molar-refractivity contribution is 7.85. The van der Waals surface area contributed by atoms with E-state index in [1.54, 1.807) is 0 Å². The number of hydrogen-bond acceptors (Lipinski definition) is 2. The van der Waals surface area contributed by atoms with Crippen LogP contribution >= 0.6 is 0 Å². The molecule has 0 aliphatic heterocycles. The molecule has 0 aliphatic rings. The van der Waals surface area contributed by atoms with Gasteiger partial charge >= 0.3 is 0 Å². The molecule has 0 radical (unpaired) electrons. The van der Waals surface area contributed by atoms with Gasteiger partial charge in [0.2, 0.25) is 0 Å². The predicted octanol–water partition coefficient (Wildman–Crippen LogP) is 2.95. The minimum atomic E-state index is -0.645. The molecule has 3 atom stereocenters. The van der Waals surface area contributed by atoms with Crippen molar-refractivity contribution < 1.29 is 4.21 Å². The van der Waals surface area contributed by atoms with E-state index >= 15 is 0 Å². The molecule has 0 fully saturated rings. The van der Waals surface area contributed by atoms with Gasteiger partial charge in [-0.05, 0) is 31.7 Å². The van der Waals surface area contributed by atoms with Crippen LogP contribution in [0.2, 0.25) is 0 Å². The molecule has 3 heteroatoms. The SMILES string of the molecule is CCNC(CC)CCCS(=O)C(C)C(C)C. The van der Waals surface area contributed by atoms with Gasteiger partial charge in [0.15, 0.2) is 0 Å². The molecule has 0 rings (SSSR count). The highest BCUT2D eigenvalue weighted by atomic mass is 32.2. The molecule has 0 amide bonds. The molecule has 0 aromatic carbocycles. The van der Waals surface area contributed by atoms with Crippen molar-refractivity contribution in [3.63, 3.8) is 0 Å². The van der Waals surface area contributed by atoms with Crippen LogP contribution in [0.15, 0.2) is 0 Å². The molecule has 0 saturated heterocycles. The van der Waals surface area contributed by atoms with Crippen molar-refractivity contribution in [3.05, 3.63) is 0 Å². The van der Waals surface area contributed by atoms with Gasteiger partial charge in [0.05, 0.1) is 0 Å².